The fourth-order valence-corrected chi connectivity index (χ4v) is 1.53. The first-order valence-corrected chi connectivity index (χ1v) is 5.94. The molecule has 0 unspecified atom stereocenters. The van der Waals surface area contributed by atoms with Crippen LogP contribution in [0.1, 0.15) is 18.4 Å². The number of hydrogen-bond donors (Lipinski definition) is 0. The second kappa shape index (κ2) is 7.84. The van der Waals surface area contributed by atoms with Crippen molar-refractivity contribution in [1.29, 1.82) is 0 Å². The summed E-state index contributed by atoms with van der Waals surface area (Å²) in [6.07, 6.45) is 0. The Morgan fingerprint density at radius 3 is 2.89 bits per heavy atom. The maximum Gasteiger partial charge on any atom is 0.320 e. The van der Waals surface area contributed by atoms with Gasteiger partial charge in [0.1, 0.15) is 0 Å². The average molecular weight is 256 g/mol. The Morgan fingerprint density at radius 1 is 1.56 bits per heavy atom. The molecule has 0 aliphatic heterocycles. The van der Waals surface area contributed by atoms with E-state index in [9.17, 15) is 4.79 Å². The molecule has 0 fully saturated rings. The molecule has 0 saturated carbocycles. The van der Waals surface area contributed by atoms with Crippen molar-refractivity contribution in [2.45, 2.75) is 20.4 Å². The Morgan fingerprint density at radius 2 is 2.33 bits per heavy atom. The van der Waals surface area contributed by atoms with Crippen LogP contribution in [0.25, 0.3) is 0 Å². The van der Waals surface area contributed by atoms with Crippen molar-refractivity contribution in [3.63, 3.8) is 0 Å². The van der Waals surface area contributed by atoms with E-state index < -0.39 is 0 Å². The van der Waals surface area contributed by atoms with E-state index in [-0.39, 0.29) is 12.5 Å². The molecule has 0 amide bonds. The molecule has 18 heavy (non-hydrogen) atoms. The molecular weight excluding hydrogens is 236 g/mol. The van der Waals surface area contributed by atoms with Crippen LogP contribution in [-0.4, -0.2) is 49.4 Å². The fourth-order valence-electron chi connectivity index (χ4n) is 1.53. The lowest BCUT2D eigenvalue weighted by Gasteiger charge is -2.19. The van der Waals surface area contributed by atoms with E-state index in [1.165, 1.54) is 0 Å². The topological polar surface area (TPSA) is 64.8 Å². The van der Waals surface area contributed by atoms with Gasteiger partial charge in [0, 0.05) is 19.7 Å². The quantitative estimate of drug-likeness (QED) is 0.646. The largest absolute Gasteiger partial charge is 0.465 e. The first-order valence-electron chi connectivity index (χ1n) is 5.94. The van der Waals surface area contributed by atoms with Gasteiger partial charge in [0.2, 0.25) is 0 Å². The van der Waals surface area contributed by atoms with E-state index in [1.54, 1.807) is 14.0 Å². The van der Waals surface area contributed by atoms with Crippen LogP contribution in [0.15, 0.2) is 10.6 Å². The third-order valence-electron chi connectivity index (χ3n) is 2.33. The molecule has 1 rings (SSSR count). The van der Waals surface area contributed by atoms with Crippen LogP contribution in [0.2, 0.25) is 0 Å². The van der Waals surface area contributed by atoms with Crippen molar-refractivity contribution in [3.05, 3.63) is 17.5 Å². The lowest BCUT2D eigenvalue weighted by Crippen LogP contribution is -2.33. The Hall–Kier alpha value is -1.40. The summed E-state index contributed by atoms with van der Waals surface area (Å²) in [5.74, 6) is 0.484. The lowest BCUT2D eigenvalue weighted by atomic mass is 10.3. The number of carbonyl (C=O) groups excluding carboxylic acids is 1. The Kier molecular flexibility index (Phi) is 6.38. The summed E-state index contributed by atoms with van der Waals surface area (Å²) >= 11 is 0. The zero-order valence-corrected chi connectivity index (χ0v) is 11.1. The van der Waals surface area contributed by atoms with Gasteiger partial charge < -0.3 is 14.0 Å². The van der Waals surface area contributed by atoms with Gasteiger partial charge in [0.05, 0.1) is 32.0 Å². The predicted molar refractivity (Wildman–Crippen MR) is 65.0 cm³/mol. The number of rotatable bonds is 8. The highest BCUT2D eigenvalue weighted by molar-refractivity contribution is 5.71. The summed E-state index contributed by atoms with van der Waals surface area (Å²) in [6, 6.07) is 1.85. The maximum absolute atomic E-state index is 11.5. The lowest BCUT2D eigenvalue weighted by molar-refractivity contribution is -0.144. The highest BCUT2D eigenvalue weighted by atomic mass is 16.5. The number of aryl methyl sites for hydroxylation is 1. The summed E-state index contributed by atoms with van der Waals surface area (Å²) in [5.41, 5.74) is 0.827. The minimum absolute atomic E-state index is 0.219. The smallest absolute Gasteiger partial charge is 0.320 e. The van der Waals surface area contributed by atoms with Gasteiger partial charge in [0.25, 0.3) is 0 Å². The monoisotopic (exact) mass is 256 g/mol. The van der Waals surface area contributed by atoms with Crippen molar-refractivity contribution >= 4 is 5.97 Å². The van der Waals surface area contributed by atoms with Gasteiger partial charge in [-0.05, 0) is 13.8 Å². The minimum atomic E-state index is -0.246. The first-order chi connectivity index (χ1) is 8.65. The summed E-state index contributed by atoms with van der Waals surface area (Å²) in [6.45, 7) is 5.95. The molecule has 6 heteroatoms. The molecule has 0 aliphatic rings. The predicted octanol–water partition coefficient (Wildman–Crippen LogP) is 0.995. The van der Waals surface area contributed by atoms with Crippen molar-refractivity contribution in [2.75, 3.05) is 33.4 Å². The fraction of sp³-hybridized carbons (Fsp3) is 0.667. The summed E-state index contributed by atoms with van der Waals surface area (Å²) in [4.78, 5) is 13.4. The molecule has 0 atom stereocenters. The number of carbonyl (C=O) groups is 1. The molecule has 1 heterocycles. The molecule has 0 saturated heterocycles. The molecule has 0 radical (unpaired) electrons. The van der Waals surface area contributed by atoms with E-state index in [2.05, 4.69) is 5.16 Å². The van der Waals surface area contributed by atoms with Gasteiger partial charge in [-0.15, -0.1) is 0 Å². The summed E-state index contributed by atoms with van der Waals surface area (Å²) in [7, 11) is 1.63. The third-order valence-corrected chi connectivity index (χ3v) is 2.33. The van der Waals surface area contributed by atoms with Crippen LogP contribution >= 0.6 is 0 Å². The number of esters is 1. The summed E-state index contributed by atoms with van der Waals surface area (Å²) in [5, 5.41) is 3.82. The van der Waals surface area contributed by atoms with E-state index in [0.29, 0.717) is 26.3 Å². The Labute approximate surface area is 107 Å². The van der Waals surface area contributed by atoms with Crippen molar-refractivity contribution < 1.29 is 18.8 Å². The van der Waals surface area contributed by atoms with Crippen LogP contribution in [0.3, 0.4) is 0 Å². The molecule has 0 spiro atoms. The molecule has 1 aromatic rings. The SMILES string of the molecule is CCOC(=O)CN(CCOC)Cc1cc(C)no1. The third kappa shape index (κ3) is 5.29. The normalized spacial score (nSPS) is 10.9. The molecule has 0 aromatic carbocycles. The number of ether oxygens (including phenoxy) is 2. The van der Waals surface area contributed by atoms with E-state index in [4.69, 9.17) is 14.0 Å². The van der Waals surface area contributed by atoms with Gasteiger partial charge >= 0.3 is 5.97 Å². The van der Waals surface area contributed by atoms with E-state index in [1.807, 2.05) is 17.9 Å². The highest BCUT2D eigenvalue weighted by Gasteiger charge is 2.14. The molecule has 0 aliphatic carbocycles. The first kappa shape index (κ1) is 14.7. The van der Waals surface area contributed by atoms with Gasteiger partial charge in [-0.2, -0.15) is 0 Å². The molecular formula is C12H20N2O4. The van der Waals surface area contributed by atoms with Crippen LogP contribution < -0.4 is 0 Å². The molecule has 1 aromatic heterocycles. The number of aromatic nitrogens is 1. The average Bonchev–Trinajstić information content (AvgIpc) is 2.72. The van der Waals surface area contributed by atoms with Gasteiger partial charge in [-0.1, -0.05) is 5.16 Å². The molecule has 0 bridgehead atoms. The number of nitrogens with zero attached hydrogens (tertiary/aromatic N) is 2. The van der Waals surface area contributed by atoms with Crippen LogP contribution in [0.5, 0.6) is 0 Å². The number of methoxy groups -OCH3 is 1. The van der Waals surface area contributed by atoms with E-state index >= 15 is 0 Å². The minimum Gasteiger partial charge on any atom is -0.465 e. The van der Waals surface area contributed by atoms with E-state index in [0.717, 1.165) is 11.5 Å². The van der Waals surface area contributed by atoms with Crippen molar-refractivity contribution in [2.24, 2.45) is 0 Å². The van der Waals surface area contributed by atoms with Crippen molar-refractivity contribution in [1.82, 2.24) is 10.1 Å². The van der Waals surface area contributed by atoms with Crippen LogP contribution in [-0.2, 0) is 20.8 Å². The zero-order valence-electron chi connectivity index (χ0n) is 11.1. The van der Waals surface area contributed by atoms with Gasteiger partial charge in [-0.3, -0.25) is 9.69 Å². The highest BCUT2D eigenvalue weighted by Crippen LogP contribution is 2.06. The van der Waals surface area contributed by atoms with Crippen LogP contribution in [0.4, 0.5) is 0 Å². The van der Waals surface area contributed by atoms with Gasteiger partial charge in [-0.25, -0.2) is 0 Å². The molecule has 0 N–H and O–H groups in total. The maximum atomic E-state index is 11.5. The zero-order chi connectivity index (χ0) is 13.4. The van der Waals surface area contributed by atoms with Gasteiger partial charge in [0.15, 0.2) is 5.76 Å². The summed E-state index contributed by atoms with van der Waals surface area (Å²) < 4.78 is 15.1. The Balaban J connectivity index is 2.51. The number of hydrogen-bond acceptors (Lipinski definition) is 6. The van der Waals surface area contributed by atoms with Crippen LogP contribution in [0, 0.1) is 6.92 Å². The second-order valence-corrected chi connectivity index (χ2v) is 3.94. The standard InChI is InChI=1S/C12H20N2O4/c1-4-17-12(15)9-14(5-6-16-3)8-11-7-10(2)13-18-11/h7H,4-6,8-9H2,1-3H3. The molecule has 102 valence electrons. The Bertz CT molecular complexity index is 365. The van der Waals surface area contributed by atoms with Crippen molar-refractivity contribution in [3.8, 4) is 0 Å². The molecule has 6 nitrogen and oxygen atoms in total. The second-order valence-electron chi connectivity index (χ2n) is 3.94.